The third kappa shape index (κ3) is 3.94. The molecule has 1 aromatic carbocycles. The molecular weight excluding hydrogens is 377 g/mol. The Kier molecular flexibility index (Phi) is 5.56. The summed E-state index contributed by atoms with van der Waals surface area (Å²) in [5, 5.41) is 4.87. The zero-order valence-corrected chi connectivity index (χ0v) is 16.8. The van der Waals surface area contributed by atoms with Crippen molar-refractivity contribution in [3.63, 3.8) is 0 Å². The number of aryl methyl sites for hydroxylation is 1. The number of benzene rings is 1. The highest BCUT2D eigenvalue weighted by molar-refractivity contribution is 7.15. The van der Waals surface area contributed by atoms with Gasteiger partial charge in [-0.15, -0.1) is 11.3 Å². The maximum absolute atomic E-state index is 12.9. The molecule has 1 saturated heterocycles. The fraction of sp³-hybridized carbons (Fsp3) is 0.444. The molecule has 1 fully saturated rings. The number of carbonyl (C=O) groups excluding carboxylic acids is 1. The first-order chi connectivity index (χ1) is 11.9. The van der Waals surface area contributed by atoms with E-state index in [0.29, 0.717) is 26.8 Å². The van der Waals surface area contributed by atoms with Crippen molar-refractivity contribution in [2.24, 2.45) is 5.92 Å². The van der Waals surface area contributed by atoms with Crippen molar-refractivity contribution in [1.29, 1.82) is 0 Å². The van der Waals surface area contributed by atoms with Gasteiger partial charge in [-0.05, 0) is 50.8 Å². The van der Waals surface area contributed by atoms with E-state index >= 15 is 0 Å². The lowest BCUT2D eigenvalue weighted by Crippen LogP contribution is -2.46. The number of aromatic nitrogens is 1. The smallest absolute Gasteiger partial charge is 0.273 e. The number of hydrogen-bond acceptors (Lipinski definition) is 4. The van der Waals surface area contributed by atoms with Crippen LogP contribution in [0, 0.1) is 12.8 Å². The van der Waals surface area contributed by atoms with E-state index < -0.39 is 0 Å². The highest BCUT2D eigenvalue weighted by Gasteiger charge is 2.31. The Bertz CT molecular complexity index is 793. The number of hydrogen-bond donors (Lipinski definition) is 1. The topological polar surface area (TPSA) is 45.2 Å². The van der Waals surface area contributed by atoms with Gasteiger partial charge in [0.05, 0.1) is 10.0 Å². The molecule has 134 valence electrons. The minimum Gasteiger partial charge on any atom is -0.334 e. The van der Waals surface area contributed by atoms with Crippen LogP contribution in [0.1, 0.15) is 42.1 Å². The summed E-state index contributed by atoms with van der Waals surface area (Å²) in [4.78, 5) is 20.3. The summed E-state index contributed by atoms with van der Waals surface area (Å²) >= 11 is 13.5. The maximum atomic E-state index is 12.9. The summed E-state index contributed by atoms with van der Waals surface area (Å²) in [5.41, 5.74) is 1.33. The second-order valence-corrected chi connectivity index (χ2v) is 8.55. The van der Waals surface area contributed by atoms with Crippen LogP contribution in [0.15, 0.2) is 18.2 Å². The minimum atomic E-state index is 0.0231. The van der Waals surface area contributed by atoms with Crippen LogP contribution >= 0.6 is 34.5 Å². The highest BCUT2D eigenvalue weighted by Crippen LogP contribution is 2.31. The molecule has 0 radical (unpaired) electrons. The summed E-state index contributed by atoms with van der Waals surface area (Å²) in [6.45, 7) is 7.06. The summed E-state index contributed by atoms with van der Waals surface area (Å²) in [6, 6.07) is 5.56. The predicted octanol–water partition coefficient (Wildman–Crippen LogP) is 5.76. The Labute approximate surface area is 162 Å². The lowest BCUT2D eigenvalue weighted by molar-refractivity contribution is 0.0545. The van der Waals surface area contributed by atoms with Gasteiger partial charge < -0.3 is 10.2 Å². The first-order valence-corrected chi connectivity index (χ1v) is 9.94. The predicted molar refractivity (Wildman–Crippen MR) is 105 cm³/mol. The number of nitrogens with one attached hydrogen (secondary N) is 1. The molecule has 3 rings (SSSR count). The maximum Gasteiger partial charge on any atom is 0.273 e. The molecule has 0 spiro atoms. The molecule has 4 nitrogen and oxygen atoms in total. The van der Waals surface area contributed by atoms with Gasteiger partial charge in [-0.25, -0.2) is 4.98 Å². The highest BCUT2D eigenvalue weighted by atomic mass is 35.5. The third-order valence-electron chi connectivity index (χ3n) is 4.80. The lowest BCUT2D eigenvalue weighted by Gasteiger charge is -2.37. The van der Waals surface area contributed by atoms with Crippen molar-refractivity contribution in [2.45, 2.75) is 39.7 Å². The lowest BCUT2D eigenvalue weighted by atomic mass is 9.92. The molecule has 2 atom stereocenters. The molecule has 1 aliphatic rings. The van der Waals surface area contributed by atoms with Gasteiger partial charge in [-0.1, -0.05) is 30.1 Å². The number of amides is 1. The summed E-state index contributed by atoms with van der Waals surface area (Å²) < 4.78 is 0. The van der Waals surface area contributed by atoms with Crippen molar-refractivity contribution in [2.75, 3.05) is 11.9 Å². The van der Waals surface area contributed by atoms with Crippen molar-refractivity contribution < 1.29 is 4.79 Å². The van der Waals surface area contributed by atoms with Gasteiger partial charge in [0, 0.05) is 23.2 Å². The van der Waals surface area contributed by atoms with Crippen molar-refractivity contribution in [1.82, 2.24) is 9.88 Å². The van der Waals surface area contributed by atoms with E-state index in [1.165, 1.54) is 17.8 Å². The molecule has 0 bridgehead atoms. The molecule has 25 heavy (non-hydrogen) atoms. The van der Waals surface area contributed by atoms with Crippen LogP contribution in [0.4, 0.5) is 10.8 Å². The average Bonchev–Trinajstić information content (AvgIpc) is 2.93. The van der Waals surface area contributed by atoms with E-state index in [9.17, 15) is 4.79 Å². The van der Waals surface area contributed by atoms with Crippen molar-refractivity contribution in [3.05, 3.63) is 38.8 Å². The molecule has 1 N–H and O–H groups in total. The van der Waals surface area contributed by atoms with Crippen LogP contribution in [-0.2, 0) is 0 Å². The zero-order valence-electron chi connectivity index (χ0n) is 14.5. The van der Waals surface area contributed by atoms with Gasteiger partial charge in [0.25, 0.3) is 5.91 Å². The number of likely N-dealkylation sites (tertiary alicyclic amines) is 1. The fourth-order valence-electron chi connectivity index (χ4n) is 3.10. The zero-order chi connectivity index (χ0) is 18.1. The molecule has 2 aromatic rings. The second kappa shape index (κ2) is 7.52. The monoisotopic (exact) mass is 397 g/mol. The molecule has 7 heteroatoms. The van der Waals surface area contributed by atoms with Crippen LogP contribution in [-0.4, -0.2) is 28.4 Å². The van der Waals surface area contributed by atoms with Crippen LogP contribution in [0.25, 0.3) is 0 Å². The van der Waals surface area contributed by atoms with Crippen LogP contribution in [0.2, 0.25) is 10.0 Å². The van der Waals surface area contributed by atoms with Crippen molar-refractivity contribution >= 4 is 51.3 Å². The Morgan fingerprint density at radius 2 is 2.08 bits per heavy atom. The normalized spacial score (nSPS) is 20.6. The number of halogens is 2. The second-order valence-electron chi connectivity index (χ2n) is 6.54. The number of carbonyl (C=O) groups is 1. The molecule has 1 unspecified atom stereocenters. The number of piperidine rings is 1. The number of rotatable bonds is 3. The number of thiazole rings is 1. The first kappa shape index (κ1) is 18.5. The van der Waals surface area contributed by atoms with E-state index in [-0.39, 0.29) is 11.9 Å². The van der Waals surface area contributed by atoms with Gasteiger partial charge in [0.1, 0.15) is 5.69 Å². The van der Waals surface area contributed by atoms with Crippen LogP contribution in [0.3, 0.4) is 0 Å². The standard InChI is InChI=1S/C18H21Cl2N3OS/c1-10-5-4-8-23(11(10)2)17(24)16-12(3)25-18(22-16)21-13-6-7-14(19)15(20)9-13/h6-7,9-11H,4-5,8H2,1-3H3,(H,21,22)/t10?,11-/m0/s1. The van der Waals surface area contributed by atoms with Gasteiger partial charge in [-0.3, -0.25) is 4.79 Å². The molecule has 1 amide bonds. The van der Waals surface area contributed by atoms with Crippen LogP contribution in [0.5, 0.6) is 0 Å². The van der Waals surface area contributed by atoms with Crippen LogP contribution < -0.4 is 5.32 Å². The van der Waals surface area contributed by atoms with Crippen molar-refractivity contribution in [3.8, 4) is 0 Å². The van der Waals surface area contributed by atoms with Gasteiger partial charge in [0.15, 0.2) is 5.13 Å². The third-order valence-corrected chi connectivity index (χ3v) is 6.43. The number of nitrogens with zero attached hydrogens (tertiary/aromatic N) is 2. The Morgan fingerprint density at radius 3 is 2.80 bits per heavy atom. The summed E-state index contributed by atoms with van der Waals surface area (Å²) in [6.07, 6.45) is 2.22. The van der Waals surface area contributed by atoms with E-state index in [1.54, 1.807) is 12.1 Å². The Balaban J connectivity index is 1.79. The first-order valence-electron chi connectivity index (χ1n) is 8.37. The number of anilines is 2. The average molecular weight is 398 g/mol. The van der Waals surface area contributed by atoms with Gasteiger partial charge >= 0.3 is 0 Å². The van der Waals surface area contributed by atoms with Gasteiger partial charge in [-0.2, -0.15) is 0 Å². The van der Waals surface area contributed by atoms with Gasteiger partial charge in [0.2, 0.25) is 0 Å². The Hall–Kier alpha value is -1.30. The molecule has 1 aliphatic heterocycles. The van der Waals surface area contributed by atoms with E-state index in [1.807, 2.05) is 17.9 Å². The van der Waals surface area contributed by atoms with E-state index in [4.69, 9.17) is 23.2 Å². The largest absolute Gasteiger partial charge is 0.334 e. The minimum absolute atomic E-state index is 0.0231. The van der Waals surface area contributed by atoms with E-state index in [2.05, 4.69) is 24.1 Å². The summed E-state index contributed by atoms with van der Waals surface area (Å²) in [7, 11) is 0. The molecule has 0 aliphatic carbocycles. The fourth-order valence-corrected chi connectivity index (χ4v) is 4.23. The summed E-state index contributed by atoms with van der Waals surface area (Å²) in [5.74, 6) is 0.542. The molecule has 0 saturated carbocycles. The molecular formula is C18H21Cl2N3OS. The quantitative estimate of drug-likeness (QED) is 0.715. The molecule has 1 aromatic heterocycles. The Morgan fingerprint density at radius 1 is 1.32 bits per heavy atom. The van der Waals surface area contributed by atoms with E-state index in [0.717, 1.165) is 23.5 Å². The SMILES string of the molecule is Cc1sc(Nc2ccc(Cl)c(Cl)c2)nc1C(=O)N1CCCC(C)[C@@H]1C. The molecule has 2 heterocycles.